The molecule has 0 unspecified atom stereocenters. The van der Waals surface area contributed by atoms with Crippen LogP contribution in [0.3, 0.4) is 0 Å². The van der Waals surface area contributed by atoms with Crippen LogP contribution in [0.15, 0.2) is 24.4 Å². The Labute approximate surface area is 120 Å². The summed E-state index contributed by atoms with van der Waals surface area (Å²) in [5.74, 6) is 0.808. The van der Waals surface area contributed by atoms with Gasteiger partial charge in [0, 0.05) is 24.4 Å². The number of hydrogen-bond donors (Lipinski definition) is 1. The lowest BCUT2D eigenvalue weighted by Gasteiger charge is -2.07. The molecule has 7 nitrogen and oxygen atoms in total. The highest BCUT2D eigenvalue weighted by Crippen LogP contribution is 2.34. The summed E-state index contributed by atoms with van der Waals surface area (Å²) in [4.78, 5) is 19.2. The number of aryl methyl sites for hydroxylation is 1. The Morgan fingerprint density at radius 2 is 2.19 bits per heavy atom. The molecule has 7 heteroatoms. The van der Waals surface area contributed by atoms with Gasteiger partial charge in [0.1, 0.15) is 17.7 Å². The molecule has 3 rings (SSSR count). The van der Waals surface area contributed by atoms with E-state index in [0.717, 1.165) is 11.7 Å². The normalized spacial score (nSPS) is 10.8. The van der Waals surface area contributed by atoms with Crippen molar-refractivity contribution in [3.63, 3.8) is 0 Å². The molecule has 0 atom stereocenters. The Kier molecular flexibility index (Phi) is 3.02. The predicted molar refractivity (Wildman–Crippen MR) is 78.1 cm³/mol. The first-order valence-corrected chi connectivity index (χ1v) is 6.23. The van der Waals surface area contributed by atoms with E-state index in [2.05, 4.69) is 15.1 Å². The van der Waals surface area contributed by atoms with E-state index in [1.807, 2.05) is 0 Å². The van der Waals surface area contributed by atoms with Gasteiger partial charge < -0.3 is 10.5 Å². The first kappa shape index (κ1) is 13.0. The molecular weight excluding hydrogens is 270 g/mol. The number of nitrogens with zero attached hydrogens (tertiary/aromatic N) is 4. The van der Waals surface area contributed by atoms with Crippen LogP contribution in [0.4, 0.5) is 5.95 Å². The van der Waals surface area contributed by atoms with E-state index in [9.17, 15) is 4.79 Å². The molecule has 2 heterocycles. The summed E-state index contributed by atoms with van der Waals surface area (Å²) in [6.45, 7) is 0. The fourth-order valence-corrected chi connectivity index (χ4v) is 2.23. The van der Waals surface area contributed by atoms with Crippen molar-refractivity contribution in [2.45, 2.75) is 0 Å². The molecule has 0 aliphatic rings. The summed E-state index contributed by atoms with van der Waals surface area (Å²) in [5, 5.41) is 5.19. The number of nitrogens with two attached hydrogens (primary N) is 1. The van der Waals surface area contributed by atoms with Gasteiger partial charge >= 0.3 is 0 Å². The quantitative estimate of drug-likeness (QED) is 0.730. The summed E-state index contributed by atoms with van der Waals surface area (Å²) in [7, 11) is 3.34. The summed E-state index contributed by atoms with van der Waals surface area (Å²) in [5.41, 5.74) is 8.13. The van der Waals surface area contributed by atoms with Crippen LogP contribution in [0.5, 0.6) is 5.75 Å². The highest BCUT2D eigenvalue weighted by molar-refractivity contribution is 5.94. The molecule has 1 aromatic carbocycles. The van der Waals surface area contributed by atoms with E-state index >= 15 is 0 Å². The zero-order valence-corrected chi connectivity index (χ0v) is 11.6. The second kappa shape index (κ2) is 4.86. The maximum absolute atomic E-state index is 11.0. The van der Waals surface area contributed by atoms with Gasteiger partial charge in [-0.2, -0.15) is 10.1 Å². The molecule has 0 saturated heterocycles. The fourth-order valence-electron chi connectivity index (χ4n) is 2.23. The third kappa shape index (κ3) is 2.08. The van der Waals surface area contributed by atoms with E-state index < -0.39 is 0 Å². The molecule has 106 valence electrons. The number of ether oxygens (including phenoxy) is 1. The third-order valence-electron chi connectivity index (χ3n) is 3.21. The van der Waals surface area contributed by atoms with Gasteiger partial charge in [0.15, 0.2) is 5.65 Å². The molecule has 0 fully saturated rings. The SMILES string of the molecule is COc1ccc(C=O)cc1-c1nn(C)c2nc(N)ncc12. The third-order valence-corrected chi connectivity index (χ3v) is 3.21. The van der Waals surface area contributed by atoms with Crippen molar-refractivity contribution in [3.8, 4) is 17.0 Å². The Hall–Kier alpha value is -2.96. The molecule has 2 N–H and O–H groups in total. The largest absolute Gasteiger partial charge is 0.496 e. The zero-order chi connectivity index (χ0) is 15.0. The van der Waals surface area contributed by atoms with Crippen LogP contribution in [0, 0.1) is 0 Å². The average molecular weight is 283 g/mol. The molecule has 0 amide bonds. The molecule has 2 aromatic heterocycles. The number of hydrogen-bond acceptors (Lipinski definition) is 6. The summed E-state index contributed by atoms with van der Waals surface area (Å²) in [6, 6.07) is 5.15. The maximum atomic E-state index is 11.0. The highest BCUT2D eigenvalue weighted by atomic mass is 16.5. The minimum atomic E-state index is 0.186. The molecule has 0 spiro atoms. The molecule has 0 bridgehead atoms. The first-order chi connectivity index (χ1) is 10.1. The van der Waals surface area contributed by atoms with Crippen LogP contribution in [0.2, 0.25) is 0 Å². The Balaban J connectivity index is 2.32. The van der Waals surface area contributed by atoms with Crippen molar-refractivity contribution >= 4 is 23.3 Å². The van der Waals surface area contributed by atoms with Gasteiger partial charge in [0.2, 0.25) is 5.95 Å². The lowest BCUT2D eigenvalue weighted by Crippen LogP contribution is -1.97. The Morgan fingerprint density at radius 3 is 2.90 bits per heavy atom. The summed E-state index contributed by atoms with van der Waals surface area (Å²) >= 11 is 0. The van der Waals surface area contributed by atoms with E-state index in [4.69, 9.17) is 10.5 Å². The van der Waals surface area contributed by atoms with Gasteiger partial charge in [-0.05, 0) is 18.2 Å². The average Bonchev–Trinajstić information content (AvgIpc) is 2.83. The number of carbonyl (C=O) groups excluding carboxylic acids is 1. The lowest BCUT2D eigenvalue weighted by atomic mass is 10.1. The standard InChI is InChI=1S/C14H13N5O2/c1-19-13-10(6-16-14(15)17-13)12(18-19)9-5-8(7-20)3-4-11(9)21-2/h3-7H,1-2H3,(H2,15,16,17). The van der Waals surface area contributed by atoms with Crippen LogP contribution < -0.4 is 10.5 Å². The number of benzene rings is 1. The van der Waals surface area contributed by atoms with E-state index in [0.29, 0.717) is 28.2 Å². The number of anilines is 1. The summed E-state index contributed by atoms with van der Waals surface area (Å²) < 4.78 is 6.97. The topological polar surface area (TPSA) is 95.9 Å². The van der Waals surface area contributed by atoms with Gasteiger partial charge in [0.25, 0.3) is 0 Å². The van der Waals surface area contributed by atoms with E-state index in [1.54, 1.807) is 43.2 Å². The minimum absolute atomic E-state index is 0.186. The van der Waals surface area contributed by atoms with Crippen molar-refractivity contribution < 1.29 is 9.53 Å². The van der Waals surface area contributed by atoms with Crippen molar-refractivity contribution in [3.05, 3.63) is 30.0 Å². The molecule has 0 radical (unpaired) electrons. The minimum Gasteiger partial charge on any atom is -0.496 e. The van der Waals surface area contributed by atoms with Gasteiger partial charge in [0.05, 0.1) is 12.5 Å². The smallest absolute Gasteiger partial charge is 0.222 e. The number of rotatable bonds is 3. The van der Waals surface area contributed by atoms with Crippen LogP contribution in [0.25, 0.3) is 22.3 Å². The summed E-state index contributed by atoms with van der Waals surface area (Å²) in [6.07, 6.45) is 2.40. The Bertz CT molecular complexity index is 841. The monoisotopic (exact) mass is 283 g/mol. The molecule has 3 aromatic rings. The second-order valence-electron chi connectivity index (χ2n) is 4.52. The molecular formula is C14H13N5O2. The van der Waals surface area contributed by atoms with Crippen LogP contribution in [-0.4, -0.2) is 33.1 Å². The van der Waals surface area contributed by atoms with E-state index in [1.165, 1.54) is 0 Å². The first-order valence-electron chi connectivity index (χ1n) is 6.23. The number of methoxy groups -OCH3 is 1. The van der Waals surface area contributed by atoms with Crippen LogP contribution in [0.1, 0.15) is 10.4 Å². The molecule has 0 saturated carbocycles. The van der Waals surface area contributed by atoms with Gasteiger partial charge in [-0.3, -0.25) is 4.79 Å². The number of carbonyl (C=O) groups is 1. The predicted octanol–water partition coefficient (Wildman–Crippen LogP) is 1.43. The van der Waals surface area contributed by atoms with Gasteiger partial charge in [-0.25, -0.2) is 9.67 Å². The van der Waals surface area contributed by atoms with Gasteiger partial charge in [-0.15, -0.1) is 0 Å². The van der Waals surface area contributed by atoms with E-state index in [-0.39, 0.29) is 5.95 Å². The molecule has 21 heavy (non-hydrogen) atoms. The Morgan fingerprint density at radius 1 is 1.38 bits per heavy atom. The van der Waals surface area contributed by atoms with Crippen molar-refractivity contribution in [1.29, 1.82) is 0 Å². The lowest BCUT2D eigenvalue weighted by molar-refractivity contribution is 0.112. The number of nitrogen functional groups attached to an aromatic ring is 1. The van der Waals surface area contributed by atoms with Crippen molar-refractivity contribution in [2.24, 2.45) is 7.05 Å². The highest BCUT2D eigenvalue weighted by Gasteiger charge is 2.16. The number of aromatic nitrogens is 4. The number of fused-ring (bicyclic) bond motifs is 1. The molecule has 0 aliphatic heterocycles. The van der Waals surface area contributed by atoms with Crippen LogP contribution in [-0.2, 0) is 7.05 Å². The second-order valence-corrected chi connectivity index (χ2v) is 4.52. The van der Waals surface area contributed by atoms with Crippen LogP contribution >= 0.6 is 0 Å². The van der Waals surface area contributed by atoms with Crippen molar-refractivity contribution in [2.75, 3.05) is 12.8 Å². The fraction of sp³-hybridized carbons (Fsp3) is 0.143. The number of aldehydes is 1. The van der Waals surface area contributed by atoms with Gasteiger partial charge in [-0.1, -0.05) is 0 Å². The zero-order valence-electron chi connectivity index (χ0n) is 11.6. The maximum Gasteiger partial charge on any atom is 0.222 e. The molecule has 0 aliphatic carbocycles. The van der Waals surface area contributed by atoms with Crippen molar-refractivity contribution in [1.82, 2.24) is 19.7 Å².